The molecule has 3 amide bonds. The highest BCUT2D eigenvalue weighted by Crippen LogP contribution is 2.39. The molecule has 1 spiro atoms. The summed E-state index contributed by atoms with van der Waals surface area (Å²) in [5.41, 5.74) is -0.0485. The molecule has 3 heterocycles. The van der Waals surface area contributed by atoms with Crippen molar-refractivity contribution in [2.24, 2.45) is 0 Å². The molecule has 2 atom stereocenters. The summed E-state index contributed by atoms with van der Waals surface area (Å²) < 4.78 is 11.9. The maximum Gasteiger partial charge on any atom is 0.256 e. The van der Waals surface area contributed by atoms with Gasteiger partial charge in [0.2, 0.25) is 5.91 Å². The second-order valence-electron chi connectivity index (χ2n) is 9.62. The first-order chi connectivity index (χ1) is 17.9. The van der Waals surface area contributed by atoms with Gasteiger partial charge in [-0.1, -0.05) is 41.4 Å². The molecule has 3 aliphatic heterocycles. The Hall–Kier alpha value is -2.65. The molecule has 3 aliphatic rings. The molecule has 37 heavy (non-hydrogen) atoms. The van der Waals surface area contributed by atoms with Crippen molar-refractivity contribution in [2.75, 3.05) is 32.8 Å². The Bertz CT molecular complexity index is 1160. The maximum atomic E-state index is 13.7. The summed E-state index contributed by atoms with van der Waals surface area (Å²) in [5.74, 6) is -0.691. The number of nitrogens with zero attached hydrogens (tertiary/aromatic N) is 2. The Morgan fingerprint density at radius 3 is 2.41 bits per heavy atom. The van der Waals surface area contributed by atoms with Crippen molar-refractivity contribution in [3.8, 4) is 0 Å². The Balaban J connectivity index is 1.33. The van der Waals surface area contributed by atoms with Crippen molar-refractivity contribution in [1.82, 2.24) is 15.1 Å². The highest BCUT2D eigenvalue weighted by atomic mass is 35.5. The highest BCUT2D eigenvalue weighted by molar-refractivity contribution is 6.42. The average Bonchev–Trinajstić information content (AvgIpc) is 3.57. The van der Waals surface area contributed by atoms with Crippen molar-refractivity contribution in [2.45, 2.75) is 43.6 Å². The van der Waals surface area contributed by atoms with E-state index in [9.17, 15) is 14.4 Å². The van der Waals surface area contributed by atoms with Gasteiger partial charge in [-0.05, 0) is 43.2 Å². The van der Waals surface area contributed by atoms with Crippen LogP contribution in [0.1, 0.15) is 46.4 Å². The van der Waals surface area contributed by atoms with Crippen LogP contribution in [0.5, 0.6) is 0 Å². The molecule has 0 unspecified atom stereocenters. The zero-order chi connectivity index (χ0) is 26.0. The third-order valence-electron chi connectivity index (χ3n) is 7.33. The minimum absolute atomic E-state index is 0.00544. The molecule has 0 bridgehead atoms. The van der Waals surface area contributed by atoms with Crippen LogP contribution >= 0.6 is 23.2 Å². The lowest BCUT2D eigenvalue weighted by Crippen LogP contribution is -2.60. The van der Waals surface area contributed by atoms with E-state index >= 15 is 0 Å². The number of hydrogen-bond donors (Lipinski definition) is 1. The predicted octanol–water partition coefficient (Wildman–Crippen LogP) is 3.76. The van der Waals surface area contributed by atoms with Crippen LogP contribution in [-0.4, -0.2) is 78.2 Å². The van der Waals surface area contributed by atoms with Gasteiger partial charge in [0.05, 0.1) is 22.8 Å². The fourth-order valence-electron chi connectivity index (χ4n) is 5.30. The number of amides is 3. The molecule has 196 valence electrons. The summed E-state index contributed by atoms with van der Waals surface area (Å²) in [4.78, 5) is 43.4. The summed E-state index contributed by atoms with van der Waals surface area (Å²) in [7, 11) is 0. The molecule has 0 aliphatic carbocycles. The van der Waals surface area contributed by atoms with Gasteiger partial charge >= 0.3 is 0 Å². The zero-order valence-electron chi connectivity index (χ0n) is 20.3. The van der Waals surface area contributed by atoms with E-state index in [1.807, 2.05) is 6.07 Å². The fourth-order valence-corrected chi connectivity index (χ4v) is 5.59. The van der Waals surface area contributed by atoms with Crippen LogP contribution in [0.3, 0.4) is 0 Å². The maximum absolute atomic E-state index is 13.7. The van der Waals surface area contributed by atoms with Crippen molar-refractivity contribution in [3.05, 3.63) is 69.7 Å². The Morgan fingerprint density at radius 1 is 0.973 bits per heavy atom. The van der Waals surface area contributed by atoms with Gasteiger partial charge in [-0.15, -0.1) is 0 Å². The van der Waals surface area contributed by atoms with Crippen LogP contribution in [0.15, 0.2) is 48.5 Å². The minimum Gasteiger partial charge on any atom is -0.376 e. The van der Waals surface area contributed by atoms with E-state index in [1.54, 1.807) is 52.3 Å². The van der Waals surface area contributed by atoms with E-state index < -0.39 is 11.8 Å². The molecular formula is C27H29Cl2N3O5. The average molecular weight is 546 g/mol. The van der Waals surface area contributed by atoms with E-state index in [-0.39, 0.29) is 30.4 Å². The number of hydrogen-bond acceptors (Lipinski definition) is 5. The molecule has 3 fully saturated rings. The van der Waals surface area contributed by atoms with E-state index in [0.717, 1.165) is 12.8 Å². The normalized spacial score (nSPS) is 22.9. The highest BCUT2D eigenvalue weighted by Gasteiger charge is 2.54. The minimum atomic E-state index is -0.979. The molecule has 10 heteroatoms. The van der Waals surface area contributed by atoms with Gasteiger partial charge in [0.25, 0.3) is 11.8 Å². The standard InChI is InChI=1S/C27H29Cl2N3O5/c28-21-9-8-19(15-22(21)29)25(34)31-12-10-27(11-13-31)32(26(35)18-5-2-1-3-6-18)23(17-37-27)24(33)30-16-20-7-4-14-36-20/h1-3,5-6,8-9,15,20,23H,4,7,10-14,16-17H2,(H,30,33)/t20-,23-/m0/s1. The zero-order valence-corrected chi connectivity index (χ0v) is 21.8. The predicted molar refractivity (Wildman–Crippen MR) is 139 cm³/mol. The van der Waals surface area contributed by atoms with Gasteiger partial charge in [0.1, 0.15) is 11.8 Å². The third-order valence-corrected chi connectivity index (χ3v) is 8.07. The first kappa shape index (κ1) is 26.0. The summed E-state index contributed by atoms with van der Waals surface area (Å²) in [6, 6.07) is 12.9. The summed E-state index contributed by atoms with van der Waals surface area (Å²) in [5, 5.41) is 3.66. The lowest BCUT2D eigenvalue weighted by molar-refractivity contribution is -0.128. The fraction of sp³-hybridized carbons (Fsp3) is 0.444. The Kier molecular flexibility index (Phi) is 7.72. The summed E-state index contributed by atoms with van der Waals surface area (Å²) in [6.45, 7) is 1.92. The van der Waals surface area contributed by atoms with Crippen molar-refractivity contribution < 1.29 is 23.9 Å². The monoisotopic (exact) mass is 545 g/mol. The van der Waals surface area contributed by atoms with Crippen LogP contribution in [0.25, 0.3) is 0 Å². The lowest BCUT2D eigenvalue weighted by Gasteiger charge is -2.44. The van der Waals surface area contributed by atoms with Crippen LogP contribution in [-0.2, 0) is 14.3 Å². The quantitative estimate of drug-likeness (QED) is 0.617. The molecule has 0 saturated carbocycles. The summed E-state index contributed by atoms with van der Waals surface area (Å²) >= 11 is 12.1. The van der Waals surface area contributed by atoms with Gasteiger partial charge in [0.15, 0.2) is 0 Å². The van der Waals surface area contributed by atoms with Gasteiger partial charge in [-0.3, -0.25) is 19.3 Å². The first-order valence-electron chi connectivity index (χ1n) is 12.5. The number of likely N-dealkylation sites (tertiary alicyclic amines) is 1. The molecule has 8 nitrogen and oxygen atoms in total. The van der Waals surface area contributed by atoms with Gasteiger partial charge in [-0.25, -0.2) is 0 Å². The van der Waals surface area contributed by atoms with Gasteiger partial charge in [-0.2, -0.15) is 0 Å². The number of halogens is 2. The lowest BCUT2D eigenvalue weighted by atomic mass is 9.96. The van der Waals surface area contributed by atoms with E-state index in [0.29, 0.717) is 60.3 Å². The van der Waals surface area contributed by atoms with Crippen LogP contribution < -0.4 is 5.32 Å². The first-order valence-corrected chi connectivity index (χ1v) is 13.3. The van der Waals surface area contributed by atoms with Crippen LogP contribution in [0.2, 0.25) is 10.0 Å². The Labute approximate surface area is 225 Å². The molecule has 0 aromatic heterocycles. The van der Waals surface area contributed by atoms with Crippen molar-refractivity contribution >= 4 is 40.9 Å². The molecule has 1 N–H and O–H groups in total. The molecule has 0 radical (unpaired) electrons. The smallest absolute Gasteiger partial charge is 0.256 e. The number of carbonyl (C=O) groups excluding carboxylic acids is 3. The molecule has 5 rings (SSSR count). The Morgan fingerprint density at radius 2 is 1.73 bits per heavy atom. The number of carbonyl (C=O) groups is 3. The third kappa shape index (κ3) is 5.34. The SMILES string of the molecule is O=C(NC[C@@H]1CCCO1)[C@@H]1COC2(CCN(C(=O)c3ccc(Cl)c(Cl)c3)CC2)N1C(=O)c1ccccc1. The van der Waals surface area contributed by atoms with E-state index in [2.05, 4.69) is 5.32 Å². The molecular weight excluding hydrogens is 517 g/mol. The second kappa shape index (κ2) is 11.0. The molecule has 2 aromatic carbocycles. The molecule has 2 aromatic rings. The topological polar surface area (TPSA) is 88.2 Å². The van der Waals surface area contributed by atoms with Crippen LogP contribution in [0, 0.1) is 0 Å². The largest absolute Gasteiger partial charge is 0.376 e. The van der Waals surface area contributed by atoms with Crippen molar-refractivity contribution in [3.63, 3.8) is 0 Å². The number of ether oxygens (including phenoxy) is 2. The van der Waals surface area contributed by atoms with Gasteiger partial charge < -0.3 is 19.7 Å². The molecule has 3 saturated heterocycles. The number of rotatable bonds is 5. The summed E-state index contributed by atoms with van der Waals surface area (Å²) in [6.07, 6.45) is 2.64. The number of piperidine rings is 1. The van der Waals surface area contributed by atoms with Crippen molar-refractivity contribution in [1.29, 1.82) is 0 Å². The van der Waals surface area contributed by atoms with Crippen LogP contribution in [0.4, 0.5) is 0 Å². The second-order valence-corrected chi connectivity index (χ2v) is 10.4. The number of benzene rings is 2. The van der Waals surface area contributed by atoms with Gasteiger partial charge in [0, 0.05) is 50.2 Å². The number of nitrogens with one attached hydrogen (secondary N) is 1. The van der Waals surface area contributed by atoms with E-state index in [1.165, 1.54) is 0 Å². The van der Waals surface area contributed by atoms with E-state index in [4.69, 9.17) is 32.7 Å².